The van der Waals surface area contributed by atoms with E-state index in [0.29, 0.717) is 0 Å². The topological polar surface area (TPSA) is 57.5 Å². The maximum absolute atomic E-state index is 9.38. The molecule has 0 rings (SSSR count). The molecule has 0 aliphatic rings. The van der Waals surface area contributed by atoms with Crippen molar-refractivity contribution in [2.45, 2.75) is 0 Å². The molecule has 6 heavy (non-hydrogen) atoms. The van der Waals surface area contributed by atoms with Gasteiger partial charge in [-0.1, -0.05) is 0 Å². The average molecular weight is 188 g/mol. The summed E-state index contributed by atoms with van der Waals surface area (Å²) in [6.07, 6.45) is 0. The average Bonchev–Trinajstić information content (AvgIpc) is 0.722. The third-order valence-corrected chi connectivity index (χ3v) is 0. The van der Waals surface area contributed by atoms with Crippen LogP contribution in [0.15, 0.2) is 0 Å². The summed E-state index contributed by atoms with van der Waals surface area (Å²) in [6, 6.07) is 0. The van der Waals surface area contributed by atoms with Gasteiger partial charge in [-0.2, -0.15) is 0 Å². The first kappa shape index (κ1) is 10.9. The summed E-state index contributed by atoms with van der Waals surface area (Å²) >= 11 is 0.0625. The van der Waals surface area contributed by atoms with E-state index in [0.717, 1.165) is 0 Å². The predicted molar refractivity (Wildman–Crippen MR) is 20.6 cm³/mol. The number of hydrogen-bond acceptors (Lipinski definition) is 1. The standard InChI is InChI=1S/Ca.HO3P.Zn.2H/c;1-4(2)3;;;/h;(H-,1,2,3);;;/q;;-1;;/p+1. The van der Waals surface area contributed by atoms with Crippen LogP contribution in [0.25, 0.3) is 0 Å². The van der Waals surface area contributed by atoms with Gasteiger partial charge in [-0.3, -0.25) is 0 Å². The Bertz CT molecular complexity index is 56.9. The molecule has 0 saturated carbocycles. The summed E-state index contributed by atoms with van der Waals surface area (Å²) in [6.45, 7) is 0. The summed E-state index contributed by atoms with van der Waals surface area (Å²) in [5, 5.41) is 0. The van der Waals surface area contributed by atoms with E-state index in [4.69, 9.17) is 9.79 Å². The molecule has 0 unspecified atom stereocenters. The van der Waals surface area contributed by atoms with Gasteiger partial charge in [-0.25, -0.2) is 0 Å². The second kappa shape index (κ2) is 3.97. The Kier molecular flexibility index (Phi) is 7.22. The van der Waals surface area contributed by atoms with Crippen molar-refractivity contribution in [2.24, 2.45) is 0 Å². The second-order valence-electron chi connectivity index (χ2n) is 0.665. The van der Waals surface area contributed by atoms with Crippen LogP contribution in [0.3, 0.4) is 0 Å². The Balaban J connectivity index is 0. The van der Waals surface area contributed by atoms with Crippen molar-refractivity contribution in [1.29, 1.82) is 0 Å². The van der Waals surface area contributed by atoms with Crippen LogP contribution in [0, 0.1) is 0 Å². The van der Waals surface area contributed by atoms with E-state index in [9.17, 15) is 4.57 Å². The molecule has 3 nitrogen and oxygen atoms in total. The van der Waals surface area contributed by atoms with Crippen LogP contribution in [0.5, 0.6) is 0 Å². The first-order valence-corrected chi connectivity index (χ1v) is 6.68. The molecule has 0 spiro atoms. The fourth-order valence-electron chi connectivity index (χ4n) is 0. The van der Waals surface area contributed by atoms with E-state index in [1.54, 1.807) is 0 Å². The molecular weight excluding hydrogens is 184 g/mol. The van der Waals surface area contributed by atoms with Crippen molar-refractivity contribution in [3.05, 3.63) is 0 Å². The Morgan fingerprint density at radius 3 is 1.50 bits per heavy atom. The van der Waals surface area contributed by atoms with Crippen LogP contribution in [0.1, 0.15) is 0 Å². The summed E-state index contributed by atoms with van der Waals surface area (Å²) < 4.78 is 9.38. The van der Waals surface area contributed by atoms with Gasteiger partial charge >= 0.3 is 75.8 Å². The monoisotopic (exact) mass is 187 g/mol. The van der Waals surface area contributed by atoms with E-state index in [2.05, 4.69) is 0 Å². The normalized spacial score (nSPS) is 10.0. The van der Waals surface area contributed by atoms with Crippen LogP contribution >= 0.6 is 5.93 Å². The molecule has 0 amide bonds. The third kappa shape index (κ3) is 37.0. The molecule has 0 aliphatic heterocycles. The summed E-state index contributed by atoms with van der Waals surface area (Å²) in [4.78, 5) is 15.4. The molecule has 0 aromatic heterocycles. The molecule has 0 aromatic rings. The van der Waals surface area contributed by atoms with Crippen LogP contribution < -0.4 is 0 Å². The Labute approximate surface area is 74.9 Å². The quantitative estimate of drug-likeness (QED) is 0.367. The van der Waals surface area contributed by atoms with Crippen molar-refractivity contribution in [3.8, 4) is 0 Å². The minimum atomic E-state index is -3.51. The van der Waals surface area contributed by atoms with Crippen molar-refractivity contribution in [3.63, 3.8) is 0 Å². The van der Waals surface area contributed by atoms with E-state index in [1.807, 2.05) is 0 Å². The zero-order chi connectivity index (χ0) is 4.50. The van der Waals surface area contributed by atoms with E-state index >= 15 is 0 Å². The fraction of sp³-hybridized carbons (Fsp3) is 0. The number of hydrogen-bond donors (Lipinski definition) is 2. The van der Waals surface area contributed by atoms with Gasteiger partial charge in [0.1, 0.15) is 0 Å². The first-order chi connectivity index (χ1) is 2.00. The molecule has 0 saturated heterocycles. The van der Waals surface area contributed by atoms with E-state index in [-0.39, 0.29) is 55.6 Å². The summed E-state index contributed by atoms with van der Waals surface area (Å²) in [5.41, 5.74) is 0. The van der Waals surface area contributed by atoms with E-state index in [1.165, 1.54) is 0 Å². The second-order valence-corrected chi connectivity index (χ2v) is 7.18. The van der Waals surface area contributed by atoms with Gasteiger partial charge in [-0.15, -0.1) is 0 Å². The predicted octanol–water partition coefficient (Wildman–Crippen LogP) is -1.29. The van der Waals surface area contributed by atoms with Crippen LogP contribution in [-0.4, -0.2) is 47.5 Å². The Hall–Kier alpha value is 2.03. The van der Waals surface area contributed by atoms with Crippen molar-refractivity contribution in [2.75, 3.05) is 0 Å². The molecular formula is H4CaO3PZn. The van der Waals surface area contributed by atoms with Crippen molar-refractivity contribution < 1.29 is 32.2 Å². The van der Waals surface area contributed by atoms with Gasteiger partial charge in [0.15, 0.2) is 0 Å². The number of rotatable bonds is 0. The Morgan fingerprint density at radius 2 is 1.50 bits per heavy atom. The molecule has 0 heterocycles. The van der Waals surface area contributed by atoms with Crippen LogP contribution in [0.2, 0.25) is 0 Å². The molecule has 0 aromatic carbocycles. The molecule has 0 aliphatic carbocycles. The Morgan fingerprint density at radius 1 is 1.50 bits per heavy atom. The van der Waals surface area contributed by atoms with Gasteiger partial charge in [0.25, 0.3) is 0 Å². The molecule has 0 radical (unpaired) electrons. The first-order valence-electron chi connectivity index (χ1n) is 0.899. The molecule has 0 bridgehead atoms. The van der Waals surface area contributed by atoms with Crippen molar-refractivity contribution in [1.82, 2.24) is 0 Å². The van der Waals surface area contributed by atoms with Gasteiger partial charge < -0.3 is 0 Å². The van der Waals surface area contributed by atoms with Gasteiger partial charge in [0, 0.05) is 0 Å². The molecule has 31 valence electrons. The summed E-state index contributed by atoms with van der Waals surface area (Å²) in [5.74, 6) is -3.51. The minimum absolute atomic E-state index is 0. The van der Waals surface area contributed by atoms with Crippen molar-refractivity contribution >= 4 is 43.7 Å². The fourth-order valence-corrected chi connectivity index (χ4v) is 0. The van der Waals surface area contributed by atoms with Gasteiger partial charge in [0.05, 0.1) is 0 Å². The maximum atomic E-state index is 9.38. The SMILES string of the molecule is O=[P](O)(O)[Zn].[CaH2]. The third-order valence-electron chi connectivity index (χ3n) is 0. The van der Waals surface area contributed by atoms with Crippen LogP contribution in [-0.2, 0) is 22.4 Å². The zero-order valence-corrected chi connectivity index (χ0v) is 6.32. The molecule has 6 heteroatoms. The zero-order valence-electron chi connectivity index (χ0n) is 2.46. The summed E-state index contributed by atoms with van der Waals surface area (Å²) in [7, 11) is 0. The molecule has 0 fully saturated rings. The van der Waals surface area contributed by atoms with Crippen LogP contribution in [0.4, 0.5) is 0 Å². The van der Waals surface area contributed by atoms with Gasteiger partial charge in [0.2, 0.25) is 0 Å². The molecule has 2 N–H and O–H groups in total. The van der Waals surface area contributed by atoms with E-state index < -0.39 is 5.93 Å². The molecule has 0 atom stereocenters. The van der Waals surface area contributed by atoms with Gasteiger partial charge in [-0.05, 0) is 0 Å².